The van der Waals surface area contributed by atoms with E-state index >= 15 is 0 Å². The normalized spacial score (nSPS) is 46.1. The Labute approximate surface area is 82.2 Å². The van der Waals surface area contributed by atoms with Gasteiger partial charge in [-0.15, -0.1) is 0 Å². The summed E-state index contributed by atoms with van der Waals surface area (Å²) >= 11 is 0. The van der Waals surface area contributed by atoms with Crippen molar-refractivity contribution in [3.63, 3.8) is 0 Å². The van der Waals surface area contributed by atoms with Crippen molar-refractivity contribution in [1.29, 1.82) is 0 Å². The SMILES string of the molecule is C[C@@H]1C[C@@]2(C)C[C@H](C(=O)O2)[C@@H]1C(=O)[O-]. The molecule has 14 heavy (non-hydrogen) atoms. The monoisotopic (exact) mass is 197 g/mol. The summed E-state index contributed by atoms with van der Waals surface area (Å²) < 4.78 is 5.19. The molecular formula is C10H13O4-. The van der Waals surface area contributed by atoms with Gasteiger partial charge in [0.15, 0.2) is 0 Å². The zero-order chi connectivity index (χ0) is 10.5. The van der Waals surface area contributed by atoms with Gasteiger partial charge >= 0.3 is 5.97 Å². The van der Waals surface area contributed by atoms with Gasteiger partial charge in [-0.25, -0.2) is 0 Å². The number of carboxylic acids is 1. The molecule has 78 valence electrons. The van der Waals surface area contributed by atoms with E-state index in [0.717, 1.165) is 0 Å². The molecule has 0 aromatic heterocycles. The van der Waals surface area contributed by atoms with Gasteiger partial charge in [0.2, 0.25) is 0 Å². The van der Waals surface area contributed by atoms with Crippen LogP contribution >= 0.6 is 0 Å². The lowest BCUT2D eigenvalue weighted by molar-refractivity contribution is -0.315. The minimum atomic E-state index is -1.12. The lowest BCUT2D eigenvalue weighted by atomic mass is 9.69. The van der Waals surface area contributed by atoms with Gasteiger partial charge in [0.25, 0.3) is 0 Å². The first-order valence-corrected chi connectivity index (χ1v) is 4.87. The number of carboxylic acid groups (broad SMARTS) is 1. The number of carbonyl (C=O) groups is 2. The van der Waals surface area contributed by atoms with E-state index in [9.17, 15) is 14.7 Å². The van der Waals surface area contributed by atoms with Crippen molar-refractivity contribution >= 4 is 11.9 Å². The van der Waals surface area contributed by atoms with Crippen molar-refractivity contribution in [2.45, 2.75) is 32.3 Å². The van der Waals surface area contributed by atoms with Crippen LogP contribution in [0.2, 0.25) is 0 Å². The molecule has 0 N–H and O–H groups in total. The molecule has 0 spiro atoms. The molecule has 2 fully saturated rings. The summed E-state index contributed by atoms with van der Waals surface area (Å²) in [7, 11) is 0. The molecule has 0 amide bonds. The van der Waals surface area contributed by atoms with Gasteiger partial charge in [0, 0.05) is 18.3 Å². The number of hydrogen-bond donors (Lipinski definition) is 0. The highest BCUT2D eigenvalue weighted by Crippen LogP contribution is 2.47. The van der Waals surface area contributed by atoms with E-state index in [1.54, 1.807) is 0 Å². The van der Waals surface area contributed by atoms with Crippen molar-refractivity contribution < 1.29 is 19.4 Å². The minimum absolute atomic E-state index is 0.0461. The molecule has 1 saturated carbocycles. The maximum Gasteiger partial charge on any atom is 0.310 e. The standard InChI is InChI=1S/C10H14O4/c1-5-3-10(2)4-6(9(13)14-10)7(5)8(11)12/h5-7H,3-4H2,1-2H3,(H,11,12)/p-1/t5-,6+,7-,10+/m1/s1. The Balaban J connectivity index is 2.31. The Morgan fingerprint density at radius 2 is 2.21 bits per heavy atom. The number of fused-ring (bicyclic) bond motifs is 2. The van der Waals surface area contributed by atoms with Crippen LogP contribution in [-0.2, 0) is 14.3 Å². The molecule has 2 bridgehead atoms. The molecule has 0 aromatic carbocycles. The molecule has 2 aliphatic rings. The molecule has 4 heteroatoms. The van der Waals surface area contributed by atoms with Crippen molar-refractivity contribution in [2.75, 3.05) is 0 Å². The Morgan fingerprint density at radius 1 is 1.57 bits per heavy atom. The number of esters is 1. The summed E-state index contributed by atoms with van der Waals surface area (Å²) in [5.41, 5.74) is -0.437. The quantitative estimate of drug-likeness (QED) is 0.542. The van der Waals surface area contributed by atoms with E-state index in [1.807, 2.05) is 13.8 Å². The van der Waals surface area contributed by atoms with E-state index in [1.165, 1.54) is 0 Å². The van der Waals surface area contributed by atoms with Crippen molar-refractivity contribution in [2.24, 2.45) is 17.8 Å². The Hall–Kier alpha value is -1.06. The van der Waals surface area contributed by atoms with Crippen molar-refractivity contribution in [3.05, 3.63) is 0 Å². The highest BCUT2D eigenvalue weighted by atomic mass is 16.6. The first kappa shape index (κ1) is 9.49. The van der Waals surface area contributed by atoms with Gasteiger partial charge in [0.1, 0.15) is 5.60 Å². The summed E-state index contributed by atoms with van der Waals surface area (Å²) in [4.78, 5) is 22.3. The molecule has 1 heterocycles. The third-order valence-corrected chi connectivity index (χ3v) is 3.37. The summed E-state index contributed by atoms with van der Waals surface area (Å²) in [6, 6.07) is 0. The number of rotatable bonds is 1. The molecule has 1 aliphatic heterocycles. The van der Waals surface area contributed by atoms with E-state index in [0.29, 0.717) is 12.8 Å². The third kappa shape index (κ3) is 1.21. The number of hydrogen-bond acceptors (Lipinski definition) is 4. The largest absolute Gasteiger partial charge is 0.550 e. The molecule has 1 saturated heterocycles. The highest BCUT2D eigenvalue weighted by Gasteiger charge is 2.53. The number of aliphatic carboxylic acids is 1. The first-order valence-electron chi connectivity index (χ1n) is 4.87. The van der Waals surface area contributed by atoms with Crippen LogP contribution in [0.15, 0.2) is 0 Å². The van der Waals surface area contributed by atoms with Gasteiger partial charge < -0.3 is 14.6 Å². The van der Waals surface area contributed by atoms with Crippen LogP contribution in [0.1, 0.15) is 26.7 Å². The van der Waals surface area contributed by atoms with Gasteiger partial charge in [0.05, 0.1) is 5.92 Å². The second-order valence-electron chi connectivity index (χ2n) is 4.71. The Morgan fingerprint density at radius 3 is 2.79 bits per heavy atom. The molecule has 4 atom stereocenters. The van der Waals surface area contributed by atoms with E-state index in [-0.39, 0.29) is 11.9 Å². The molecule has 0 aromatic rings. The fourth-order valence-electron chi connectivity index (χ4n) is 2.91. The third-order valence-electron chi connectivity index (χ3n) is 3.37. The van der Waals surface area contributed by atoms with E-state index in [2.05, 4.69) is 0 Å². The van der Waals surface area contributed by atoms with Crippen LogP contribution in [0, 0.1) is 17.8 Å². The lowest BCUT2D eigenvalue weighted by Crippen LogP contribution is -2.45. The summed E-state index contributed by atoms with van der Waals surface area (Å²) in [6.45, 7) is 3.71. The second-order valence-corrected chi connectivity index (χ2v) is 4.71. The van der Waals surface area contributed by atoms with Crippen LogP contribution in [0.4, 0.5) is 0 Å². The predicted octanol–water partition coefficient (Wildman–Crippen LogP) is -0.286. The van der Waals surface area contributed by atoms with Crippen LogP contribution in [-0.4, -0.2) is 17.5 Å². The fraction of sp³-hybridized carbons (Fsp3) is 0.800. The maximum absolute atomic E-state index is 11.4. The second kappa shape index (κ2) is 2.72. The minimum Gasteiger partial charge on any atom is -0.550 e. The van der Waals surface area contributed by atoms with Gasteiger partial charge in [-0.2, -0.15) is 0 Å². The fourth-order valence-corrected chi connectivity index (χ4v) is 2.91. The lowest BCUT2D eigenvalue weighted by Gasteiger charge is -2.36. The van der Waals surface area contributed by atoms with Crippen LogP contribution in [0.25, 0.3) is 0 Å². The topological polar surface area (TPSA) is 66.4 Å². The maximum atomic E-state index is 11.4. The van der Waals surface area contributed by atoms with Crippen molar-refractivity contribution in [1.82, 2.24) is 0 Å². The predicted molar refractivity (Wildman–Crippen MR) is 44.9 cm³/mol. The molecule has 0 unspecified atom stereocenters. The summed E-state index contributed by atoms with van der Waals surface area (Å²) in [6.07, 6.45) is 1.14. The number of ether oxygens (including phenoxy) is 1. The molecule has 0 radical (unpaired) electrons. The van der Waals surface area contributed by atoms with Crippen molar-refractivity contribution in [3.8, 4) is 0 Å². The summed E-state index contributed by atoms with van der Waals surface area (Å²) in [5.74, 6) is -2.70. The zero-order valence-corrected chi connectivity index (χ0v) is 8.28. The zero-order valence-electron chi connectivity index (χ0n) is 8.28. The van der Waals surface area contributed by atoms with E-state index in [4.69, 9.17) is 4.74 Å². The van der Waals surface area contributed by atoms with Crippen LogP contribution in [0.5, 0.6) is 0 Å². The highest BCUT2D eigenvalue weighted by molar-refractivity contribution is 5.83. The summed E-state index contributed by atoms with van der Waals surface area (Å²) in [5, 5.41) is 10.9. The average molecular weight is 197 g/mol. The smallest absolute Gasteiger partial charge is 0.310 e. The van der Waals surface area contributed by atoms with Gasteiger partial charge in [-0.3, -0.25) is 4.79 Å². The molecular weight excluding hydrogens is 184 g/mol. The Bertz CT molecular complexity index is 298. The van der Waals surface area contributed by atoms with Crippen LogP contribution < -0.4 is 5.11 Å². The number of carbonyl (C=O) groups excluding carboxylic acids is 2. The molecule has 1 aliphatic carbocycles. The molecule has 2 rings (SSSR count). The van der Waals surface area contributed by atoms with E-state index < -0.39 is 23.4 Å². The molecule has 4 nitrogen and oxygen atoms in total. The van der Waals surface area contributed by atoms with Gasteiger partial charge in [-0.1, -0.05) is 6.92 Å². The Kier molecular flexibility index (Phi) is 1.84. The first-order chi connectivity index (χ1) is 6.43. The average Bonchev–Trinajstić information content (AvgIpc) is 2.21. The van der Waals surface area contributed by atoms with Crippen LogP contribution in [0.3, 0.4) is 0 Å². The van der Waals surface area contributed by atoms with Gasteiger partial charge in [-0.05, 0) is 19.3 Å².